The molecule has 1 aromatic carbocycles. The van der Waals surface area contributed by atoms with Crippen LogP contribution in [-0.4, -0.2) is 19.7 Å². The second-order valence-electron chi connectivity index (χ2n) is 4.11. The number of rotatable bonds is 4. The van der Waals surface area contributed by atoms with E-state index in [0.29, 0.717) is 12.5 Å². The highest BCUT2D eigenvalue weighted by Gasteiger charge is 2.14. The van der Waals surface area contributed by atoms with Crippen LogP contribution in [0, 0.1) is 11.7 Å². The second kappa shape index (κ2) is 5.75. The van der Waals surface area contributed by atoms with Crippen LogP contribution in [0.1, 0.15) is 12.0 Å². The van der Waals surface area contributed by atoms with Gasteiger partial charge >= 0.3 is 0 Å². The topological polar surface area (TPSA) is 21.3 Å². The highest BCUT2D eigenvalue weighted by molar-refractivity contribution is 9.10. The van der Waals surface area contributed by atoms with Crippen LogP contribution in [0.2, 0.25) is 0 Å². The normalized spacial score (nSPS) is 20.2. The summed E-state index contributed by atoms with van der Waals surface area (Å²) in [5.41, 5.74) is 0.993. The van der Waals surface area contributed by atoms with Gasteiger partial charge in [-0.3, -0.25) is 0 Å². The maximum absolute atomic E-state index is 12.8. The van der Waals surface area contributed by atoms with E-state index in [4.69, 9.17) is 4.74 Å². The van der Waals surface area contributed by atoms with Crippen LogP contribution < -0.4 is 5.32 Å². The standard InChI is InChI=1S/C12H15BrFNO/c13-12-5-11(14)2-1-10(12)8-16-7-9-3-4-15-6-9/h1-2,5,9,15H,3-4,6-8H2. The van der Waals surface area contributed by atoms with E-state index in [1.54, 1.807) is 6.07 Å². The molecule has 1 fully saturated rings. The van der Waals surface area contributed by atoms with Gasteiger partial charge in [-0.25, -0.2) is 4.39 Å². The van der Waals surface area contributed by atoms with Crippen molar-refractivity contribution in [1.29, 1.82) is 0 Å². The van der Waals surface area contributed by atoms with Gasteiger partial charge in [0.2, 0.25) is 0 Å². The molecule has 4 heteroatoms. The zero-order chi connectivity index (χ0) is 11.4. The van der Waals surface area contributed by atoms with E-state index in [2.05, 4.69) is 21.2 Å². The zero-order valence-corrected chi connectivity index (χ0v) is 10.6. The van der Waals surface area contributed by atoms with Crippen molar-refractivity contribution in [3.05, 3.63) is 34.1 Å². The van der Waals surface area contributed by atoms with Gasteiger partial charge in [-0.05, 0) is 36.6 Å². The van der Waals surface area contributed by atoms with Crippen molar-refractivity contribution in [3.8, 4) is 0 Å². The predicted molar refractivity (Wildman–Crippen MR) is 64.7 cm³/mol. The van der Waals surface area contributed by atoms with E-state index >= 15 is 0 Å². The lowest BCUT2D eigenvalue weighted by Gasteiger charge is -2.10. The molecule has 2 rings (SSSR count). The molecule has 88 valence electrons. The first-order valence-corrected chi connectivity index (χ1v) is 6.27. The van der Waals surface area contributed by atoms with Gasteiger partial charge in [0.05, 0.1) is 13.2 Å². The van der Waals surface area contributed by atoms with Gasteiger partial charge in [-0.2, -0.15) is 0 Å². The maximum atomic E-state index is 12.8. The lowest BCUT2D eigenvalue weighted by molar-refractivity contribution is 0.0921. The Kier molecular flexibility index (Phi) is 4.32. The SMILES string of the molecule is Fc1ccc(COCC2CCNC2)c(Br)c1. The Bertz CT molecular complexity index is 353. The Morgan fingerprint density at radius 2 is 2.38 bits per heavy atom. The van der Waals surface area contributed by atoms with Gasteiger partial charge in [-0.1, -0.05) is 22.0 Å². The Hall–Kier alpha value is -0.450. The monoisotopic (exact) mass is 287 g/mol. The van der Waals surface area contributed by atoms with Gasteiger partial charge in [0, 0.05) is 11.0 Å². The molecule has 1 N–H and O–H groups in total. The predicted octanol–water partition coefficient (Wildman–Crippen LogP) is 2.71. The van der Waals surface area contributed by atoms with Gasteiger partial charge in [0.15, 0.2) is 0 Å². The van der Waals surface area contributed by atoms with Crippen LogP contribution in [0.3, 0.4) is 0 Å². The van der Waals surface area contributed by atoms with Crippen LogP contribution in [0.25, 0.3) is 0 Å². The molecular weight excluding hydrogens is 273 g/mol. The molecule has 1 saturated heterocycles. The number of hydrogen-bond acceptors (Lipinski definition) is 2. The third-order valence-electron chi connectivity index (χ3n) is 2.79. The number of benzene rings is 1. The molecule has 0 bridgehead atoms. The molecule has 1 aliphatic rings. The molecule has 1 aromatic rings. The van der Waals surface area contributed by atoms with Crippen molar-refractivity contribution < 1.29 is 9.13 Å². The minimum atomic E-state index is -0.226. The van der Waals surface area contributed by atoms with E-state index in [9.17, 15) is 4.39 Å². The van der Waals surface area contributed by atoms with Crippen molar-refractivity contribution in [2.75, 3.05) is 19.7 Å². The number of nitrogens with one attached hydrogen (secondary N) is 1. The van der Waals surface area contributed by atoms with Crippen molar-refractivity contribution in [3.63, 3.8) is 0 Å². The zero-order valence-electron chi connectivity index (χ0n) is 9.01. The Morgan fingerprint density at radius 1 is 1.50 bits per heavy atom. The molecule has 0 spiro atoms. The summed E-state index contributed by atoms with van der Waals surface area (Å²) in [6, 6.07) is 4.68. The minimum absolute atomic E-state index is 0.226. The summed E-state index contributed by atoms with van der Waals surface area (Å²) >= 11 is 3.33. The largest absolute Gasteiger partial charge is 0.376 e. The third kappa shape index (κ3) is 3.27. The molecule has 1 unspecified atom stereocenters. The third-order valence-corrected chi connectivity index (χ3v) is 3.53. The fourth-order valence-electron chi connectivity index (χ4n) is 1.83. The van der Waals surface area contributed by atoms with Gasteiger partial charge in [0.25, 0.3) is 0 Å². The molecule has 0 saturated carbocycles. The molecule has 1 aliphatic heterocycles. The van der Waals surface area contributed by atoms with Gasteiger partial charge in [0.1, 0.15) is 5.82 Å². The molecule has 0 amide bonds. The fraction of sp³-hybridized carbons (Fsp3) is 0.500. The molecule has 2 nitrogen and oxygen atoms in total. The Balaban J connectivity index is 1.80. The smallest absolute Gasteiger partial charge is 0.124 e. The first kappa shape index (κ1) is 12.0. The molecule has 16 heavy (non-hydrogen) atoms. The number of halogens is 2. The summed E-state index contributed by atoms with van der Waals surface area (Å²) in [5, 5.41) is 3.30. The lowest BCUT2D eigenvalue weighted by Crippen LogP contribution is -2.13. The molecular formula is C12H15BrFNO. The van der Waals surface area contributed by atoms with Gasteiger partial charge in [-0.15, -0.1) is 0 Å². The first-order valence-electron chi connectivity index (χ1n) is 5.48. The van der Waals surface area contributed by atoms with Crippen LogP contribution in [0.5, 0.6) is 0 Å². The lowest BCUT2D eigenvalue weighted by atomic mass is 10.1. The second-order valence-corrected chi connectivity index (χ2v) is 4.96. The fourth-order valence-corrected chi connectivity index (χ4v) is 2.30. The van der Waals surface area contributed by atoms with E-state index < -0.39 is 0 Å². The molecule has 1 heterocycles. The number of hydrogen-bond donors (Lipinski definition) is 1. The maximum Gasteiger partial charge on any atom is 0.124 e. The minimum Gasteiger partial charge on any atom is -0.376 e. The average molecular weight is 288 g/mol. The summed E-state index contributed by atoms with van der Waals surface area (Å²) in [7, 11) is 0. The highest BCUT2D eigenvalue weighted by atomic mass is 79.9. The van der Waals surface area contributed by atoms with Crippen LogP contribution >= 0.6 is 15.9 Å². The molecule has 0 aliphatic carbocycles. The van der Waals surface area contributed by atoms with Crippen molar-refractivity contribution >= 4 is 15.9 Å². The molecule has 0 aromatic heterocycles. The van der Waals surface area contributed by atoms with Crippen LogP contribution in [0.4, 0.5) is 4.39 Å². The van der Waals surface area contributed by atoms with Crippen molar-refractivity contribution in [2.24, 2.45) is 5.92 Å². The van der Waals surface area contributed by atoms with E-state index in [1.165, 1.54) is 18.6 Å². The summed E-state index contributed by atoms with van der Waals surface area (Å²) < 4.78 is 19.2. The van der Waals surface area contributed by atoms with E-state index in [-0.39, 0.29) is 5.82 Å². The van der Waals surface area contributed by atoms with E-state index in [0.717, 1.165) is 29.7 Å². The molecule has 0 radical (unpaired) electrons. The average Bonchev–Trinajstić information content (AvgIpc) is 2.74. The van der Waals surface area contributed by atoms with Gasteiger partial charge < -0.3 is 10.1 Å². The Labute approximate surface area is 103 Å². The summed E-state index contributed by atoms with van der Waals surface area (Å²) in [5.74, 6) is 0.398. The summed E-state index contributed by atoms with van der Waals surface area (Å²) in [4.78, 5) is 0. The highest BCUT2D eigenvalue weighted by Crippen LogP contribution is 2.19. The first-order chi connectivity index (χ1) is 7.75. The summed E-state index contributed by atoms with van der Waals surface area (Å²) in [6.45, 7) is 3.45. The van der Waals surface area contributed by atoms with Crippen LogP contribution in [-0.2, 0) is 11.3 Å². The van der Waals surface area contributed by atoms with Crippen molar-refractivity contribution in [2.45, 2.75) is 13.0 Å². The number of ether oxygens (including phenoxy) is 1. The quantitative estimate of drug-likeness (QED) is 0.919. The van der Waals surface area contributed by atoms with Crippen molar-refractivity contribution in [1.82, 2.24) is 5.32 Å². The van der Waals surface area contributed by atoms with E-state index in [1.807, 2.05) is 0 Å². The summed E-state index contributed by atoms with van der Waals surface area (Å²) in [6.07, 6.45) is 1.19. The Morgan fingerprint density at radius 3 is 3.06 bits per heavy atom. The molecule has 1 atom stereocenters. The van der Waals surface area contributed by atoms with Crippen LogP contribution in [0.15, 0.2) is 22.7 Å².